The Morgan fingerprint density at radius 1 is 1.20 bits per heavy atom. The number of carbonyl (C=O) groups excluding carboxylic acids is 1. The van der Waals surface area contributed by atoms with E-state index in [0.29, 0.717) is 15.4 Å². The minimum Gasteiger partial charge on any atom is -0.354 e. The number of carbonyl (C=O) groups is 1. The van der Waals surface area contributed by atoms with Crippen LogP contribution < -0.4 is 10.6 Å². The van der Waals surface area contributed by atoms with Crippen LogP contribution >= 0.6 is 11.6 Å². The fourth-order valence-corrected chi connectivity index (χ4v) is 2.35. The lowest BCUT2D eigenvalue weighted by Gasteiger charge is -2.25. The molecule has 0 saturated carbocycles. The van der Waals surface area contributed by atoms with E-state index in [4.69, 9.17) is 21.1 Å². The van der Waals surface area contributed by atoms with Crippen molar-refractivity contribution < 1.29 is 14.3 Å². The predicted octanol–water partition coefficient (Wildman–Crippen LogP) is 1.60. The van der Waals surface area contributed by atoms with Crippen molar-refractivity contribution in [3.8, 4) is 0 Å². The molecule has 0 aliphatic carbocycles. The average molecular weight is 370 g/mol. The highest BCUT2D eigenvalue weighted by Gasteiger charge is 2.25. The number of benzene rings is 1. The van der Waals surface area contributed by atoms with Gasteiger partial charge in [0.1, 0.15) is 0 Å². The van der Waals surface area contributed by atoms with Crippen molar-refractivity contribution in [2.24, 2.45) is 0 Å². The van der Waals surface area contributed by atoms with Gasteiger partial charge in [0.05, 0.1) is 6.54 Å². The summed E-state index contributed by atoms with van der Waals surface area (Å²) in [4.78, 5) is 26.7. The first-order valence-corrected chi connectivity index (χ1v) is 7.94. The van der Waals surface area contributed by atoms with Crippen molar-refractivity contribution in [1.29, 1.82) is 0 Å². The maximum Gasteiger partial charge on any atom is 0.372 e. The predicted molar refractivity (Wildman–Crippen MR) is 91.9 cm³/mol. The molecule has 0 N–H and O–H groups in total. The van der Waals surface area contributed by atoms with E-state index in [1.54, 1.807) is 24.3 Å². The Bertz CT molecular complexity index is 767. The Morgan fingerprint density at radius 3 is 2.32 bits per heavy atom. The van der Waals surface area contributed by atoms with E-state index >= 15 is 0 Å². The number of hydrogen-bond acceptors (Lipinski definition) is 6. The molecular weight excluding hydrogens is 350 g/mol. The molecule has 0 aliphatic rings. The Hall–Kier alpha value is -2.23. The second kappa shape index (κ2) is 8.24. The maximum absolute atomic E-state index is 12.8. The number of hydrogen-bond donors (Lipinski definition) is 0. The number of aromatic nitrogens is 4. The van der Waals surface area contributed by atoms with Crippen LogP contribution in [0.2, 0.25) is 5.02 Å². The summed E-state index contributed by atoms with van der Waals surface area (Å²) in [5, 5.41) is 7.93. The lowest BCUT2D eigenvalue weighted by molar-refractivity contribution is -0.113. The van der Waals surface area contributed by atoms with Crippen molar-refractivity contribution >= 4 is 23.3 Å². The standard InChI is InChI=1S/C15H20ClN5O4/c1-10(2)20(12-7-5-11(16)6-8-12)15(23)21-14(22)19(17-18-21)9-13(24-3)25-4/h5-8,10,13H,9H2,1-4H3. The summed E-state index contributed by atoms with van der Waals surface area (Å²) in [6.45, 7) is 3.67. The van der Waals surface area contributed by atoms with Crippen LogP contribution in [0.15, 0.2) is 29.1 Å². The molecule has 0 bridgehead atoms. The van der Waals surface area contributed by atoms with Gasteiger partial charge in [-0.15, -0.1) is 4.68 Å². The normalized spacial score (nSPS) is 11.3. The van der Waals surface area contributed by atoms with E-state index in [1.165, 1.54) is 19.1 Å². The van der Waals surface area contributed by atoms with E-state index in [9.17, 15) is 9.59 Å². The molecule has 2 aromatic rings. The van der Waals surface area contributed by atoms with Gasteiger partial charge < -0.3 is 9.47 Å². The van der Waals surface area contributed by atoms with Gasteiger partial charge in [0.15, 0.2) is 6.29 Å². The first kappa shape index (κ1) is 19.1. The summed E-state index contributed by atoms with van der Waals surface area (Å²) in [6, 6.07) is 5.90. The molecule has 0 radical (unpaired) electrons. The van der Waals surface area contributed by atoms with Crippen LogP contribution in [0.3, 0.4) is 0 Å². The molecule has 10 heteroatoms. The zero-order chi connectivity index (χ0) is 18.6. The maximum atomic E-state index is 12.8. The Morgan fingerprint density at radius 2 is 1.80 bits per heavy atom. The molecule has 0 aliphatic heterocycles. The summed E-state index contributed by atoms with van der Waals surface area (Å²) in [5.41, 5.74) is -0.0822. The fourth-order valence-electron chi connectivity index (χ4n) is 2.23. The van der Waals surface area contributed by atoms with Crippen molar-refractivity contribution in [3.05, 3.63) is 39.8 Å². The number of amides is 1. The molecular formula is C15H20ClN5O4. The molecule has 1 heterocycles. The first-order valence-electron chi connectivity index (χ1n) is 7.56. The average Bonchev–Trinajstić information content (AvgIpc) is 2.94. The molecule has 1 aromatic heterocycles. The third-order valence-corrected chi connectivity index (χ3v) is 3.75. The highest BCUT2D eigenvalue weighted by molar-refractivity contribution is 6.30. The van der Waals surface area contributed by atoms with Crippen molar-refractivity contribution in [3.63, 3.8) is 0 Å². The van der Waals surface area contributed by atoms with Gasteiger partial charge in [0, 0.05) is 31.0 Å². The third kappa shape index (κ3) is 4.25. The monoisotopic (exact) mass is 369 g/mol. The van der Waals surface area contributed by atoms with Gasteiger partial charge in [-0.3, -0.25) is 4.90 Å². The van der Waals surface area contributed by atoms with Crippen LogP contribution in [0.4, 0.5) is 10.5 Å². The molecule has 0 unspecified atom stereocenters. The van der Waals surface area contributed by atoms with Gasteiger partial charge in [0.25, 0.3) is 0 Å². The molecule has 1 amide bonds. The highest BCUT2D eigenvalue weighted by atomic mass is 35.5. The minimum absolute atomic E-state index is 0.0156. The number of tetrazole rings is 1. The van der Waals surface area contributed by atoms with Crippen LogP contribution in [0.5, 0.6) is 0 Å². The number of anilines is 1. The van der Waals surface area contributed by atoms with Gasteiger partial charge in [-0.05, 0) is 48.5 Å². The summed E-state index contributed by atoms with van der Waals surface area (Å²) in [5.74, 6) is 0. The molecule has 0 saturated heterocycles. The Labute approximate surface area is 149 Å². The molecule has 0 fully saturated rings. The number of rotatable bonds is 6. The molecule has 2 rings (SSSR count). The van der Waals surface area contributed by atoms with Crippen molar-refractivity contribution in [1.82, 2.24) is 19.8 Å². The fraction of sp³-hybridized carbons (Fsp3) is 0.467. The number of nitrogens with zero attached hydrogens (tertiary/aromatic N) is 5. The molecule has 136 valence electrons. The van der Waals surface area contributed by atoms with Crippen molar-refractivity contribution in [2.45, 2.75) is 32.7 Å². The summed E-state index contributed by atoms with van der Waals surface area (Å²) in [6.07, 6.45) is -0.671. The summed E-state index contributed by atoms with van der Waals surface area (Å²) >= 11 is 5.89. The molecule has 0 atom stereocenters. The van der Waals surface area contributed by atoms with Gasteiger partial charge in [-0.2, -0.15) is 4.68 Å². The van der Waals surface area contributed by atoms with Gasteiger partial charge in [-0.1, -0.05) is 11.6 Å². The largest absolute Gasteiger partial charge is 0.372 e. The van der Waals surface area contributed by atoms with E-state index in [0.717, 1.165) is 4.68 Å². The quantitative estimate of drug-likeness (QED) is 0.567. The van der Waals surface area contributed by atoms with E-state index in [-0.39, 0.29) is 12.6 Å². The van der Waals surface area contributed by atoms with Crippen LogP contribution in [0.1, 0.15) is 13.8 Å². The SMILES string of the molecule is COC(Cn1nnn(C(=O)N(c2ccc(Cl)cc2)C(C)C)c1=O)OC. The molecule has 25 heavy (non-hydrogen) atoms. The van der Waals surface area contributed by atoms with Gasteiger partial charge >= 0.3 is 11.7 Å². The Kier molecular flexibility index (Phi) is 6.29. The molecule has 0 spiro atoms. The lowest BCUT2D eigenvalue weighted by Crippen LogP contribution is -2.45. The van der Waals surface area contributed by atoms with Gasteiger partial charge in [-0.25, -0.2) is 9.59 Å². The topological polar surface area (TPSA) is 91.5 Å². The summed E-state index contributed by atoms with van der Waals surface area (Å²) in [7, 11) is 2.88. The van der Waals surface area contributed by atoms with Crippen LogP contribution in [-0.2, 0) is 16.0 Å². The zero-order valence-corrected chi connectivity index (χ0v) is 15.2. The number of halogens is 1. The van der Waals surface area contributed by atoms with Gasteiger partial charge in [0.2, 0.25) is 0 Å². The minimum atomic E-state index is -0.677. The van der Waals surface area contributed by atoms with Crippen LogP contribution in [0, 0.1) is 0 Å². The van der Waals surface area contributed by atoms with Crippen LogP contribution in [0.25, 0.3) is 0 Å². The van der Waals surface area contributed by atoms with Crippen LogP contribution in [-0.4, -0.2) is 52.4 Å². The first-order chi connectivity index (χ1) is 11.9. The lowest BCUT2D eigenvalue weighted by atomic mass is 10.2. The smallest absolute Gasteiger partial charge is 0.354 e. The molecule has 9 nitrogen and oxygen atoms in total. The van der Waals surface area contributed by atoms with E-state index < -0.39 is 18.0 Å². The summed E-state index contributed by atoms with van der Waals surface area (Å²) < 4.78 is 11.8. The zero-order valence-electron chi connectivity index (χ0n) is 14.4. The number of ether oxygens (including phenoxy) is 2. The third-order valence-electron chi connectivity index (χ3n) is 3.50. The molecule has 1 aromatic carbocycles. The number of methoxy groups -OCH3 is 2. The highest BCUT2D eigenvalue weighted by Crippen LogP contribution is 2.20. The van der Waals surface area contributed by atoms with Crippen molar-refractivity contribution in [2.75, 3.05) is 19.1 Å². The Balaban J connectivity index is 2.33. The van der Waals surface area contributed by atoms with E-state index in [2.05, 4.69) is 10.4 Å². The second-order valence-electron chi connectivity index (χ2n) is 5.48. The second-order valence-corrected chi connectivity index (χ2v) is 5.92. The van der Waals surface area contributed by atoms with E-state index in [1.807, 2.05) is 13.8 Å².